The van der Waals surface area contributed by atoms with Gasteiger partial charge in [0.05, 0.1) is 6.61 Å². The van der Waals surface area contributed by atoms with Crippen molar-refractivity contribution in [2.45, 2.75) is 32.2 Å². The molecule has 0 spiro atoms. The fourth-order valence-electron chi connectivity index (χ4n) is 2.29. The highest BCUT2D eigenvalue weighted by Crippen LogP contribution is 2.28. The van der Waals surface area contributed by atoms with E-state index in [9.17, 15) is 0 Å². The van der Waals surface area contributed by atoms with Gasteiger partial charge in [-0.2, -0.15) is 0 Å². The number of nitrogens with zero attached hydrogens (tertiary/aromatic N) is 1. The summed E-state index contributed by atoms with van der Waals surface area (Å²) in [7, 11) is 2.11. The molecule has 0 radical (unpaired) electrons. The van der Waals surface area contributed by atoms with E-state index in [-0.39, 0.29) is 6.04 Å². The van der Waals surface area contributed by atoms with Crippen LogP contribution in [-0.2, 0) is 11.2 Å². The molecule has 0 saturated heterocycles. The first-order valence-electron chi connectivity index (χ1n) is 7.79. The average molecular weight is 276 g/mol. The summed E-state index contributed by atoms with van der Waals surface area (Å²) in [5.41, 5.74) is 8.85. The van der Waals surface area contributed by atoms with Crippen molar-refractivity contribution in [3.8, 4) is 0 Å². The second kappa shape index (κ2) is 7.77. The van der Waals surface area contributed by atoms with E-state index in [1.165, 1.54) is 24.0 Å². The molecule has 0 heterocycles. The van der Waals surface area contributed by atoms with Crippen LogP contribution >= 0.6 is 0 Å². The topological polar surface area (TPSA) is 38.5 Å². The van der Waals surface area contributed by atoms with Crippen LogP contribution in [0.2, 0.25) is 0 Å². The van der Waals surface area contributed by atoms with Gasteiger partial charge < -0.3 is 15.4 Å². The van der Waals surface area contributed by atoms with Gasteiger partial charge in [-0.3, -0.25) is 0 Å². The Balaban J connectivity index is 1.67. The maximum atomic E-state index is 6.27. The number of benzene rings is 1. The highest BCUT2D eigenvalue weighted by atomic mass is 16.5. The molecule has 1 saturated carbocycles. The molecule has 3 heteroatoms. The molecule has 20 heavy (non-hydrogen) atoms. The number of nitrogens with two attached hydrogens (primary N) is 1. The van der Waals surface area contributed by atoms with E-state index in [0.29, 0.717) is 0 Å². The molecule has 2 rings (SSSR count). The van der Waals surface area contributed by atoms with Gasteiger partial charge in [0.1, 0.15) is 0 Å². The minimum atomic E-state index is 0.0781. The van der Waals surface area contributed by atoms with Crippen molar-refractivity contribution in [1.29, 1.82) is 0 Å². The van der Waals surface area contributed by atoms with Crippen LogP contribution in [0.15, 0.2) is 24.3 Å². The second-order valence-corrected chi connectivity index (χ2v) is 5.98. The van der Waals surface area contributed by atoms with Crippen molar-refractivity contribution < 1.29 is 4.74 Å². The van der Waals surface area contributed by atoms with Crippen molar-refractivity contribution in [2.75, 3.05) is 33.4 Å². The maximum Gasteiger partial charge on any atom is 0.0593 e. The predicted molar refractivity (Wildman–Crippen MR) is 83.8 cm³/mol. The first-order chi connectivity index (χ1) is 9.69. The number of hydrogen-bond donors (Lipinski definition) is 1. The second-order valence-electron chi connectivity index (χ2n) is 5.98. The summed E-state index contributed by atoms with van der Waals surface area (Å²) in [4.78, 5) is 2.26. The zero-order chi connectivity index (χ0) is 14.4. The molecular formula is C17H28N2O. The molecule has 1 unspecified atom stereocenters. The molecule has 3 nitrogen and oxygen atoms in total. The van der Waals surface area contributed by atoms with Crippen LogP contribution in [0, 0.1) is 5.92 Å². The Kier molecular flexibility index (Phi) is 6.02. The summed E-state index contributed by atoms with van der Waals surface area (Å²) in [5.74, 6) is 0.847. The summed E-state index contributed by atoms with van der Waals surface area (Å²) in [6, 6.07) is 8.73. The van der Waals surface area contributed by atoms with Gasteiger partial charge in [0, 0.05) is 25.7 Å². The molecule has 1 atom stereocenters. The molecular weight excluding hydrogens is 248 g/mol. The lowest BCUT2D eigenvalue weighted by Gasteiger charge is -2.21. The van der Waals surface area contributed by atoms with Gasteiger partial charge in [-0.1, -0.05) is 31.2 Å². The Morgan fingerprint density at radius 3 is 2.60 bits per heavy atom. The van der Waals surface area contributed by atoms with E-state index < -0.39 is 0 Å². The molecule has 1 aromatic rings. The van der Waals surface area contributed by atoms with Gasteiger partial charge in [-0.25, -0.2) is 0 Å². The van der Waals surface area contributed by atoms with Crippen molar-refractivity contribution in [2.24, 2.45) is 11.7 Å². The van der Waals surface area contributed by atoms with E-state index in [1.807, 2.05) is 0 Å². The SMILES string of the molecule is CCc1ccc(C(N)CN(C)CCOCC2CC2)cc1. The monoisotopic (exact) mass is 276 g/mol. The standard InChI is InChI=1S/C17H28N2O/c1-3-14-6-8-16(9-7-14)17(18)12-19(2)10-11-20-13-15-4-5-15/h6-9,15,17H,3-5,10-13,18H2,1-2H3. The van der Waals surface area contributed by atoms with Crippen LogP contribution in [0.4, 0.5) is 0 Å². The lowest BCUT2D eigenvalue weighted by atomic mass is 10.0. The molecule has 0 aromatic heterocycles. The first-order valence-corrected chi connectivity index (χ1v) is 7.79. The quantitative estimate of drug-likeness (QED) is 0.705. The van der Waals surface area contributed by atoms with Crippen LogP contribution in [-0.4, -0.2) is 38.3 Å². The van der Waals surface area contributed by atoms with Crippen molar-refractivity contribution in [3.05, 3.63) is 35.4 Å². The lowest BCUT2D eigenvalue weighted by Crippen LogP contribution is -2.31. The number of rotatable bonds is 9. The summed E-state index contributed by atoms with van der Waals surface area (Å²) in [6.07, 6.45) is 3.79. The molecule has 112 valence electrons. The van der Waals surface area contributed by atoms with Crippen molar-refractivity contribution in [1.82, 2.24) is 4.90 Å². The molecule has 0 amide bonds. The van der Waals surface area contributed by atoms with Gasteiger partial charge in [-0.15, -0.1) is 0 Å². The fourth-order valence-corrected chi connectivity index (χ4v) is 2.29. The minimum Gasteiger partial charge on any atom is -0.380 e. The fraction of sp³-hybridized carbons (Fsp3) is 0.647. The van der Waals surface area contributed by atoms with E-state index in [2.05, 4.69) is 43.1 Å². The van der Waals surface area contributed by atoms with Gasteiger partial charge in [0.25, 0.3) is 0 Å². The van der Waals surface area contributed by atoms with Crippen molar-refractivity contribution in [3.63, 3.8) is 0 Å². The minimum absolute atomic E-state index is 0.0781. The first kappa shape index (κ1) is 15.5. The molecule has 1 aliphatic carbocycles. The Hall–Kier alpha value is -0.900. The third-order valence-electron chi connectivity index (χ3n) is 3.99. The number of aryl methyl sites for hydroxylation is 1. The van der Waals surface area contributed by atoms with Crippen LogP contribution in [0.3, 0.4) is 0 Å². The molecule has 1 aromatic carbocycles. The van der Waals surface area contributed by atoms with E-state index in [4.69, 9.17) is 10.5 Å². The molecule has 1 fully saturated rings. The summed E-state index contributed by atoms with van der Waals surface area (Å²) in [6.45, 7) is 5.75. The third kappa shape index (κ3) is 5.23. The normalized spacial score (nSPS) is 16.6. The van der Waals surface area contributed by atoms with E-state index in [0.717, 1.165) is 38.6 Å². The predicted octanol–water partition coefficient (Wildman–Crippen LogP) is 2.61. The number of likely N-dealkylation sites (N-methyl/N-ethyl adjacent to an activating group) is 1. The largest absolute Gasteiger partial charge is 0.380 e. The highest BCUT2D eigenvalue weighted by molar-refractivity contribution is 5.25. The summed E-state index contributed by atoms with van der Waals surface area (Å²) < 4.78 is 5.66. The van der Waals surface area contributed by atoms with Gasteiger partial charge >= 0.3 is 0 Å². The van der Waals surface area contributed by atoms with Gasteiger partial charge in [0.2, 0.25) is 0 Å². The Labute approximate surface area is 123 Å². The molecule has 1 aliphatic rings. The Bertz CT molecular complexity index is 386. The highest BCUT2D eigenvalue weighted by Gasteiger charge is 2.21. The van der Waals surface area contributed by atoms with Gasteiger partial charge in [-0.05, 0) is 43.4 Å². The molecule has 2 N–H and O–H groups in total. The zero-order valence-corrected chi connectivity index (χ0v) is 12.8. The Morgan fingerprint density at radius 2 is 2.00 bits per heavy atom. The number of hydrogen-bond acceptors (Lipinski definition) is 3. The van der Waals surface area contributed by atoms with Crippen LogP contribution in [0.1, 0.15) is 36.9 Å². The third-order valence-corrected chi connectivity index (χ3v) is 3.99. The van der Waals surface area contributed by atoms with Gasteiger partial charge in [0.15, 0.2) is 0 Å². The molecule has 0 bridgehead atoms. The summed E-state index contributed by atoms with van der Waals surface area (Å²) >= 11 is 0. The smallest absolute Gasteiger partial charge is 0.0593 e. The van der Waals surface area contributed by atoms with Crippen LogP contribution in [0.5, 0.6) is 0 Å². The van der Waals surface area contributed by atoms with E-state index >= 15 is 0 Å². The summed E-state index contributed by atoms with van der Waals surface area (Å²) in [5, 5.41) is 0. The van der Waals surface area contributed by atoms with Crippen LogP contribution in [0.25, 0.3) is 0 Å². The Morgan fingerprint density at radius 1 is 1.30 bits per heavy atom. The lowest BCUT2D eigenvalue weighted by molar-refractivity contribution is 0.102. The molecule has 0 aliphatic heterocycles. The van der Waals surface area contributed by atoms with Crippen molar-refractivity contribution >= 4 is 0 Å². The number of ether oxygens (including phenoxy) is 1. The average Bonchev–Trinajstić information content (AvgIpc) is 3.28. The zero-order valence-electron chi connectivity index (χ0n) is 12.8. The van der Waals surface area contributed by atoms with Crippen LogP contribution < -0.4 is 5.73 Å². The maximum absolute atomic E-state index is 6.27. The van der Waals surface area contributed by atoms with E-state index in [1.54, 1.807) is 0 Å².